The maximum Gasteiger partial charge on any atom is 0.181 e. The first-order chi connectivity index (χ1) is 58.0. The molecule has 0 bridgehead atoms. The SMILES string of the molecule is CC(C)(C)c1oc2ccccc2c1C(C)(C)C.CC(C)(C)c1sc2ccccc2c1C(C)(C)C.CC(C)c1cc2ncoc2cc1C(C)C.CC(C)c1cc2ncsc2cc1C(C)C.CC(C)c1ccc2ncoc2c1C(C)C.CC(C)c1ccc2ncsc2c1C(C)C.CC(C)c1ccc2ocnc2c1C(C)C.CC(C)c1ccc2scnc2c1C(C)C. The van der Waals surface area contributed by atoms with Gasteiger partial charge in [0, 0.05) is 31.5 Å². The third kappa shape index (κ3) is 23.8. The standard InChI is InChI=1S/C16H22O.C16H22S.3C13H17NO.3C13H17NS/c2*1-15(2,3)13-11-9-7-8-10-12(11)17-14(13)16(4,5)6;1-8(2)10-5-12-13(15-7-14-12)6-11(10)9(3)4;1-8(2)10-5-6-11-13(14-7-15-11)12(10)9(3)4;1-8(2)10-5-6-11-13(15-7-14-11)12(10)9(3)4;1-8(2)10-5-12-13(15-7-14-12)6-11(10)9(3)4;1-8(2)10-5-6-11-13(14-7-15-11)12(10)9(3)4;1-8(2)10-5-6-11-13(15-7-14-11)12(10)9(3)4/h2*7-10H,1-6H3;6*5-9H,1-4H3. The largest absolute Gasteiger partial charge is 0.460 e. The van der Waals surface area contributed by atoms with Gasteiger partial charge in [-0.05, 0) is 220 Å². The van der Waals surface area contributed by atoms with Crippen molar-refractivity contribution in [2.75, 3.05) is 0 Å². The summed E-state index contributed by atoms with van der Waals surface area (Å²) in [7, 11) is 0. The van der Waals surface area contributed by atoms with E-state index in [2.05, 4.69) is 382 Å². The van der Waals surface area contributed by atoms with Gasteiger partial charge in [-0.2, -0.15) is 0 Å². The van der Waals surface area contributed by atoms with Gasteiger partial charge in [0.25, 0.3) is 0 Å². The van der Waals surface area contributed by atoms with Crippen LogP contribution in [0.3, 0.4) is 0 Å². The molecule has 124 heavy (non-hydrogen) atoms. The molecule has 8 aromatic carbocycles. The molecule has 10 nitrogen and oxygen atoms in total. The second kappa shape index (κ2) is 41.9. The molecule has 0 spiro atoms. The molecular weight excluding hydrogens is 1600 g/mol. The zero-order valence-corrected chi connectivity index (χ0v) is 85.2. The van der Waals surface area contributed by atoms with E-state index in [0.717, 1.165) is 55.7 Å². The second-order valence-electron chi connectivity index (χ2n) is 41.1. The highest BCUT2D eigenvalue weighted by molar-refractivity contribution is 7.19. The van der Waals surface area contributed by atoms with Crippen LogP contribution < -0.4 is 0 Å². The van der Waals surface area contributed by atoms with Crippen LogP contribution >= 0.6 is 45.3 Å². The molecule has 0 aliphatic heterocycles. The number of oxazole rings is 3. The number of thiophene rings is 1. The number of para-hydroxylation sites is 1. The molecule has 0 saturated heterocycles. The van der Waals surface area contributed by atoms with E-state index in [1.165, 1.54) is 137 Å². The molecule has 0 saturated carbocycles. The molecular formula is C110H146N6O4S4. The molecule has 16 aromatic rings. The molecule has 16 rings (SSSR count). The van der Waals surface area contributed by atoms with Gasteiger partial charge >= 0.3 is 0 Å². The molecule has 0 unspecified atom stereocenters. The summed E-state index contributed by atoms with van der Waals surface area (Å²) in [6, 6.07) is 43.2. The van der Waals surface area contributed by atoms with Gasteiger partial charge in [-0.15, -0.1) is 45.3 Å². The first-order valence-electron chi connectivity index (χ1n) is 45.3. The van der Waals surface area contributed by atoms with E-state index in [0.29, 0.717) is 71.0 Å². The van der Waals surface area contributed by atoms with Crippen molar-refractivity contribution in [3.63, 3.8) is 0 Å². The summed E-state index contributed by atoms with van der Waals surface area (Å²) in [6.45, 7) is 80.8. The minimum absolute atomic E-state index is 0.0433. The van der Waals surface area contributed by atoms with Gasteiger partial charge in [-0.3, -0.25) is 0 Å². The Balaban J connectivity index is 0.000000161. The van der Waals surface area contributed by atoms with Crippen LogP contribution in [0.4, 0.5) is 0 Å². The number of hydrogen-bond donors (Lipinski definition) is 0. The van der Waals surface area contributed by atoms with Crippen molar-refractivity contribution in [1.29, 1.82) is 0 Å². The highest BCUT2D eigenvalue weighted by Gasteiger charge is 2.33. The average Bonchev–Trinajstić information content (AvgIpc) is 1.61. The van der Waals surface area contributed by atoms with Crippen molar-refractivity contribution >= 4 is 130 Å². The molecule has 0 amide bonds. The Morgan fingerprint density at radius 3 is 1.25 bits per heavy atom. The molecule has 664 valence electrons. The molecule has 0 atom stereocenters. The molecule has 8 aromatic heterocycles. The number of fused-ring (bicyclic) bond motifs is 8. The lowest BCUT2D eigenvalue weighted by Crippen LogP contribution is -2.20. The minimum Gasteiger partial charge on any atom is -0.460 e. The van der Waals surface area contributed by atoms with E-state index in [1.807, 2.05) is 46.1 Å². The monoisotopic (exact) mass is 1740 g/mol. The van der Waals surface area contributed by atoms with Crippen LogP contribution in [0.25, 0.3) is 85.0 Å². The molecule has 14 heteroatoms. The van der Waals surface area contributed by atoms with E-state index < -0.39 is 0 Å². The van der Waals surface area contributed by atoms with Crippen LogP contribution in [0, 0.1) is 0 Å². The Labute approximate surface area is 759 Å². The quantitative estimate of drug-likeness (QED) is 0.117. The van der Waals surface area contributed by atoms with Crippen molar-refractivity contribution in [1.82, 2.24) is 29.9 Å². The van der Waals surface area contributed by atoms with Crippen LogP contribution in [-0.4, -0.2) is 29.9 Å². The van der Waals surface area contributed by atoms with Crippen LogP contribution in [0.1, 0.15) is 409 Å². The highest BCUT2D eigenvalue weighted by Crippen LogP contribution is 2.47. The highest BCUT2D eigenvalue weighted by atomic mass is 32.1. The minimum atomic E-state index is 0.0433. The number of aromatic nitrogens is 6. The summed E-state index contributed by atoms with van der Waals surface area (Å²) in [4.78, 5) is 27.5. The Morgan fingerprint density at radius 1 is 0.274 bits per heavy atom. The van der Waals surface area contributed by atoms with Gasteiger partial charge in [-0.1, -0.05) is 310 Å². The maximum atomic E-state index is 6.09. The second-order valence-corrected chi connectivity index (χ2v) is 44.8. The van der Waals surface area contributed by atoms with E-state index in [1.54, 1.807) is 34.0 Å². The van der Waals surface area contributed by atoms with Gasteiger partial charge in [0.15, 0.2) is 35.9 Å². The zero-order chi connectivity index (χ0) is 91.7. The summed E-state index contributed by atoms with van der Waals surface area (Å²) in [5.41, 5.74) is 36.4. The zero-order valence-electron chi connectivity index (χ0n) is 81.9. The van der Waals surface area contributed by atoms with E-state index in [9.17, 15) is 0 Å². The van der Waals surface area contributed by atoms with Crippen molar-refractivity contribution in [2.45, 2.75) is 342 Å². The maximum absolute atomic E-state index is 6.09. The van der Waals surface area contributed by atoms with Gasteiger partial charge in [0.2, 0.25) is 0 Å². The summed E-state index contributed by atoms with van der Waals surface area (Å²) in [5.74, 6) is 7.65. The van der Waals surface area contributed by atoms with Gasteiger partial charge in [-0.25, -0.2) is 29.9 Å². The lowest BCUT2D eigenvalue weighted by molar-refractivity contribution is 0.409. The van der Waals surface area contributed by atoms with Gasteiger partial charge in [0.1, 0.15) is 27.9 Å². The molecule has 0 aliphatic rings. The third-order valence-corrected chi connectivity index (χ3v) is 26.8. The number of furan rings is 1. The smallest absolute Gasteiger partial charge is 0.181 e. The number of hydrogen-bond acceptors (Lipinski definition) is 14. The van der Waals surface area contributed by atoms with Crippen molar-refractivity contribution in [3.8, 4) is 0 Å². The average molecular weight is 1740 g/mol. The summed E-state index contributed by atoms with van der Waals surface area (Å²) in [5, 5.41) is 2.69. The number of rotatable bonds is 12. The predicted octanol–water partition coefficient (Wildman–Crippen LogP) is 36.4. The first-order valence-corrected chi connectivity index (χ1v) is 48.7. The summed E-state index contributed by atoms with van der Waals surface area (Å²) in [6.07, 6.45) is 4.57. The third-order valence-electron chi connectivity index (χ3n) is 22.7. The van der Waals surface area contributed by atoms with E-state index >= 15 is 0 Å². The van der Waals surface area contributed by atoms with Crippen LogP contribution in [0.15, 0.2) is 175 Å². The van der Waals surface area contributed by atoms with E-state index in [4.69, 9.17) is 17.7 Å². The van der Waals surface area contributed by atoms with Gasteiger partial charge < -0.3 is 17.7 Å². The Kier molecular flexibility index (Phi) is 33.5. The number of nitrogens with zero attached hydrogens (tertiary/aromatic N) is 6. The van der Waals surface area contributed by atoms with E-state index in [-0.39, 0.29) is 21.7 Å². The fourth-order valence-electron chi connectivity index (χ4n) is 16.8. The van der Waals surface area contributed by atoms with Crippen LogP contribution in [-0.2, 0) is 21.7 Å². The Bertz CT molecular complexity index is 5450. The lowest BCUT2D eigenvalue weighted by atomic mass is 9.79. The van der Waals surface area contributed by atoms with Crippen LogP contribution in [0.5, 0.6) is 0 Å². The Hall–Kier alpha value is -8.66. The Morgan fingerprint density at radius 2 is 0.702 bits per heavy atom. The van der Waals surface area contributed by atoms with Crippen LogP contribution in [0.2, 0.25) is 0 Å². The molecule has 0 N–H and O–H groups in total. The fourth-order valence-corrected chi connectivity index (χ4v) is 20.7. The predicted molar refractivity (Wildman–Crippen MR) is 543 cm³/mol. The topological polar surface area (TPSA) is 130 Å². The lowest BCUT2D eigenvalue weighted by Gasteiger charge is -2.26. The van der Waals surface area contributed by atoms with Crippen molar-refractivity contribution in [2.24, 2.45) is 0 Å². The first kappa shape index (κ1) is 99.1. The normalized spacial score (nSPS) is 12.3. The fraction of sp³-hybridized carbons (Fsp3) is 0.473. The molecule has 8 heterocycles. The molecule has 0 radical (unpaired) electrons. The van der Waals surface area contributed by atoms with Gasteiger partial charge in [0.05, 0.1) is 47.2 Å². The van der Waals surface area contributed by atoms with Crippen molar-refractivity contribution in [3.05, 3.63) is 246 Å². The number of thiazole rings is 3. The summed E-state index contributed by atoms with van der Waals surface area (Å²) >= 11 is 7.18. The summed E-state index contributed by atoms with van der Waals surface area (Å²) < 4.78 is 27.7. The molecule has 0 fully saturated rings. The number of benzene rings is 8. The molecule has 0 aliphatic carbocycles. The van der Waals surface area contributed by atoms with Crippen molar-refractivity contribution < 1.29 is 17.7 Å².